The van der Waals surface area contributed by atoms with Crippen LogP contribution in [0.3, 0.4) is 0 Å². The summed E-state index contributed by atoms with van der Waals surface area (Å²) in [5.41, 5.74) is 0.400. The molecule has 2 heterocycles. The molecule has 0 radical (unpaired) electrons. The van der Waals surface area contributed by atoms with Crippen LogP contribution in [-0.4, -0.2) is 35.8 Å². The molecule has 0 aromatic carbocycles. The van der Waals surface area contributed by atoms with Crippen molar-refractivity contribution < 1.29 is 19.0 Å². The summed E-state index contributed by atoms with van der Waals surface area (Å²) >= 11 is 0. The molecular formula is C11H13FN2O3. The fourth-order valence-electron chi connectivity index (χ4n) is 2.09. The molecule has 6 heteroatoms. The summed E-state index contributed by atoms with van der Waals surface area (Å²) in [6, 6.07) is 0.625. The first-order valence-electron chi connectivity index (χ1n) is 5.32. The number of carboxylic acid groups (broad SMARTS) is 1. The van der Waals surface area contributed by atoms with Gasteiger partial charge in [-0.15, -0.1) is 0 Å². The van der Waals surface area contributed by atoms with E-state index in [1.807, 2.05) is 0 Å². The summed E-state index contributed by atoms with van der Waals surface area (Å²) < 4.78 is 18.2. The molecule has 1 atom stereocenters. The Hall–Kier alpha value is -1.85. The van der Waals surface area contributed by atoms with Gasteiger partial charge in [-0.05, 0) is 12.8 Å². The fraction of sp³-hybridized carbons (Fsp3) is 0.455. The number of hydrogen-bond donors (Lipinski definition) is 1. The van der Waals surface area contributed by atoms with Crippen LogP contribution in [0.25, 0.3) is 0 Å². The van der Waals surface area contributed by atoms with Crippen LogP contribution in [0.4, 0.5) is 10.1 Å². The number of aliphatic carboxylic acids is 1. The maximum atomic E-state index is 13.2. The Bertz CT molecular complexity index is 439. The van der Waals surface area contributed by atoms with Crippen LogP contribution < -0.4 is 9.64 Å². The number of hydrogen-bond acceptors (Lipinski definition) is 4. The van der Waals surface area contributed by atoms with Crippen LogP contribution in [0.5, 0.6) is 5.88 Å². The molecule has 0 amide bonds. The highest BCUT2D eigenvalue weighted by molar-refractivity contribution is 5.79. The van der Waals surface area contributed by atoms with Crippen molar-refractivity contribution in [1.29, 1.82) is 0 Å². The van der Waals surface area contributed by atoms with Gasteiger partial charge in [0.2, 0.25) is 5.88 Å². The Kier molecular flexibility index (Phi) is 3.12. The molecule has 17 heavy (non-hydrogen) atoms. The third-order valence-corrected chi connectivity index (χ3v) is 2.84. The molecule has 1 saturated heterocycles. The van der Waals surface area contributed by atoms with Crippen LogP contribution in [0, 0.1) is 5.82 Å². The normalized spacial score (nSPS) is 19.4. The minimum Gasteiger partial charge on any atom is -0.480 e. The lowest BCUT2D eigenvalue weighted by Crippen LogP contribution is -2.36. The molecule has 1 aliphatic heterocycles. The molecular weight excluding hydrogens is 227 g/mol. The smallest absolute Gasteiger partial charge is 0.326 e. The van der Waals surface area contributed by atoms with E-state index in [-0.39, 0.29) is 5.88 Å². The second-order valence-corrected chi connectivity index (χ2v) is 3.87. The second-order valence-electron chi connectivity index (χ2n) is 3.87. The fourth-order valence-corrected chi connectivity index (χ4v) is 2.09. The molecule has 2 rings (SSSR count). The number of aromatic nitrogens is 1. The lowest BCUT2D eigenvalue weighted by Gasteiger charge is -2.24. The van der Waals surface area contributed by atoms with E-state index in [1.54, 1.807) is 4.90 Å². The topological polar surface area (TPSA) is 62.7 Å². The Morgan fingerprint density at radius 3 is 3.12 bits per heavy atom. The van der Waals surface area contributed by atoms with Crippen molar-refractivity contribution in [2.24, 2.45) is 0 Å². The van der Waals surface area contributed by atoms with E-state index >= 15 is 0 Å². The van der Waals surface area contributed by atoms with Gasteiger partial charge in [0.25, 0.3) is 0 Å². The van der Waals surface area contributed by atoms with Gasteiger partial charge in [-0.25, -0.2) is 14.2 Å². The highest BCUT2D eigenvalue weighted by atomic mass is 19.1. The van der Waals surface area contributed by atoms with Crippen LogP contribution in [0.2, 0.25) is 0 Å². The number of methoxy groups -OCH3 is 1. The minimum absolute atomic E-state index is 0.250. The number of nitrogens with zero attached hydrogens (tertiary/aromatic N) is 2. The summed E-state index contributed by atoms with van der Waals surface area (Å²) in [4.78, 5) is 16.5. The molecule has 0 saturated carbocycles. The largest absolute Gasteiger partial charge is 0.480 e. The van der Waals surface area contributed by atoms with E-state index in [1.165, 1.54) is 13.2 Å². The minimum atomic E-state index is -0.909. The first-order chi connectivity index (χ1) is 8.13. The second kappa shape index (κ2) is 4.57. The Morgan fingerprint density at radius 1 is 1.71 bits per heavy atom. The number of carbonyl (C=O) groups is 1. The van der Waals surface area contributed by atoms with E-state index in [2.05, 4.69) is 4.98 Å². The average Bonchev–Trinajstić information content (AvgIpc) is 2.77. The molecule has 92 valence electrons. The van der Waals surface area contributed by atoms with E-state index in [0.29, 0.717) is 18.7 Å². The van der Waals surface area contributed by atoms with E-state index in [4.69, 9.17) is 9.84 Å². The third-order valence-electron chi connectivity index (χ3n) is 2.84. The van der Waals surface area contributed by atoms with Gasteiger partial charge in [0, 0.05) is 12.6 Å². The van der Waals surface area contributed by atoms with Crippen molar-refractivity contribution in [3.8, 4) is 5.88 Å². The van der Waals surface area contributed by atoms with Gasteiger partial charge in [0.1, 0.15) is 17.5 Å². The zero-order chi connectivity index (χ0) is 12.4. The van der Waals surface area contributed by atoms with Crippen molar-refractivity contribution in [3.05, 3.63) is 18.1 Å². The van der Waals surface area contributed by atoms with E-state index in [9.17, 15) is 9.18 Å². The predicted molar refractivity (Wildman–Crippen MR) is 58.8 cm³/mol. The molecule has 1 aromatic heterocycles. The van der Waals surface area contributed by atoms with Gasteiger partial charge < -0.3 is 14.7 Å². The zero-order valence-electron chi connectivity index (χ0n) is 9.39. The average molecular weight is 240 g/mol. The van der Waals surface area contributed by atoms with Gasteiger partial charge in [0.15, 0.2) is 0 Å². The molecule has 1 aromatic rings. The first-order valence-corrected chi connectivity index (χ1v) is 5.32. The lowest BCUT2D eigenvalue weighted by atomic mass is 10.2. The summed E-state index contributed by atoms with van der Waals surface area (Å²) in [5, 5.41) is 9.08. The van der Waals surface area contributed by atoms with Crippen LogP contribution in [0.1, 0.15) is 12.8 Å². The van der Waals surface area contributed by atoms with Crippen molar-refractivity contribution in [3.63, 3.8) is 0 Å². The van der Waals surface area contributed by atoms with Crippen LogP contribution >= 0.6 is 0 Å². The van der Waals surface area contributed by atoms with Crippen molar-refractivity contribution in [1.82, 2.24) is 4.98 Å². The predicted octanol–water partition coefficient (Wildman–Crippen LogP) is 1.28. The zero-order valence-corrected chi connectivity index (χ0v) is 9.39. The first kappa shape index (κ1) is 11.6. The third kappa shape index (κ3) is 2.15. The lowest BCUT2D eigenvalue weighted by molar-refractivity contribution is -0.138. The van der Waals surface area contributed by atoms with Crippen LogP contribution in [0.15, 0.2) is 12.3 Å². The van der Waals surface area contributed by atoms with E-state index in [0.717, 1.165) is 12.6 Å². The Morgan fingerprint density at radius 2 is 2.47 bits per heavy atom. The summed E-state index contributed by atoms with van der Waals surface area (Å²) in [7, 11) is 1.43. The van der Waals surface area contributed by atoms with Crippen molar-refractivity contribution in [2.45, 2.75) is 18.9 Å². The highest BCUT2D eigenvalue weighted by Crippen LogP contribution is 2.32. The monoisotopic (exact) mass is 240 g/mol. The quantitative estimate of drug-likeness (QED) is 0.862. The van der Waals surface area contributed by atoms with Gasteiger partial charge >= 0.3 is 5.97 Å². The molecule has 0 spiro atoms. The number of anilines is 1. The van der Waals surface area contributed by atoms with E-state index < -0.39 is 17.8 Å². The molecule has 1 N–H and O–H groups in total. The van der Waals surface area contributed by atoms with Gasteiger partial charge in [-0.1, -0.05) is 0 Å². The van der Waals surface area contributed by atoms with Gasteiger partial charge in [-0.3, -0.25) is 0 Å². The molecule has 0 aliphatic carbocycles. The number of pyridine rings is 1. The van der Waals surface area contributed by atoms with Crippen molar-refractivity contribution in [2.75, 3.05) is 18.6 Å². The molecule has 1 fully saturated rings. The SMILES string of the molecule is COc1ncc(F)cc1N1CCCC1C(=O)O. The Balaban J connectivity index is 2.38. The number of rotatable bonds is 3. The highest BCUT2D eigenvalue weighted by Gasteiger charge is 2.32. The summed E-state index contributed by atoms with van der Waals surface area (Å²) in [6.45, 7) is 0.568. The Labute approximate surface area is 97.8 Å². The number of halogens is 1. The molecule has 1 unspecified atom stereocenters. The summed E-state index contributed by atoms with van der Waals surface area (Å²) in [5.74, 6) is -1.16. The number of carboxylic acids is 1. The standard InChI is InChI=1S/C11H13FN2O3/c1-17-10-9(5-7(12)6-13-10)14-4-2-3-8(14)11(15)16/h5-6,8H,2-4H2,1H3,(H,15,16). The van der Waals surface area contributed by atoms with Gasteiger partial charge in [-0.2, -0.15) is 0 Å². The summed E-state index contributed by atoms with van der Waals surface area (Å²) in [6.07, 6.45) is 2.36. The van der Waals surface area contributed by atoms with Gasteiger partial charge in [0.05, 0.1) is 13.3 Å². The molecule has 5 nitrogen and oxygen atoms in total. The van der Waals surface area contributed by atoms with Crippen LogP contribution in [-0.2, 0) is 4.79 Å². The van der Waals surface area contributed by atoms with Crippen molar-refractivity contribution >= 4 is 11.7 Å². The molecule has 0 bridgehead atoms. The molecule has 1 aliphatic rings. The maximum absolute atomic E-state index is 13.2. The number of ether oxygens (including phenoxy) is 1. The maximum Gasteiger partial charge on any atom is 0.326 e.